The van der Waals surface area contributed by atoms with E-state index in [1.165, 1.54) is 0 Å². The first-order valence-corrected chi connectivity index (χ1v) is 8.51. The monoisotopic (exact) mass is 350 g/mol. The Morgan fingerprint density at radius 2 is 1.80 bits per heavy atom. The number of nitrogens with zero attached hydrogens (tertiary/aromatic N) is 1. The molecule has 0 aromatic heterocycles. The van der Waals surface area contributed by atoms with Gasteiger partial charge in [-0.25, -0.2) is 0 Å². The minimum Gasteiger partial charge on any atom is -0.333 e. The molecule has 1 aliphatic rings. The Morgan fingerprint density at radius 1 is 1.20 bits per heavy atom. The topological polar surface area (TPSA) is 24.4 Å². The maximum Gasteiger partial charge on any atom is 0.161 e. The van der Waals surface area contributed by atoms with E-state index in [9.17, 15) is 0 Å². The Balaban J connectivity index is 2.24. The van der Waals surface area contributed by atoms with Gasteiger partial charge in [0, 0.05) is 10.8 Å². The van der Waals surface area contributed by atoms with Gasteiger partial charge in [0.25, 0.3) is 0 Å². The summed E-state index contributed by atoms with van der Waals surface area (Å²) in [5.74, 6) is 1.04. The van der Waals surface area contributed by atoms with Crippen LogP contribution >= 0.6 is 46.6 Å². The average molecular weight is 352 g/mol. The number of hydrogen-bond donors (Lipinski definition) is 1. The highest BCUT2D eigenvalue weighted by molar-refractivity contribution is 8.14. The van der Waals surface area contributed by atoms with Crippen LogP contribution in [0.1, 0.15) is 27.2 Å². The standard InChI is InChI=1S/C14H17Cl3N2S/c1-14(2,3)11-4-5-20-13(18-11)19-12-9(16)6-8(15)7-10(12)17/h6-7,11H,4-5H2,1-3H3,(H,18,19). The molecule has 1 heterocycles. The fourth-order valence-corrected chi connectivity index (χ4v) is 3.80. The van der Waals surface area contributed by atoms with Crippen LogP contribution in [-0.2, 0) is 0 Å². The number of aliphatic imine (C=N–C) groups is 1. The third-order valence-corrected chi connectivity index (χ3v) is 4.88. The van der Waals surface area contributed by atoms with Gasteiger partial charge in [-0.05, 0) is 24.0 Å². The Hall–Kier alpha value is -0.0900. The molecule has 1 aliphatic heterocycles. The summed E-state index contributed by atoms with van der Waals surface area (Å²) in [6, 6.07) is 3.65. The fraction of sp³-hybridized carbons (Fsp3) is 0.500. The number of rotatable bonds is 1. The summed E-state index contributed by atoms with van der Waals surface area (Å²) in [4.78, 5) is 4.77. The lowest BCUT2D eigenvalue weighted by atomic mass is 9.85. The maximum absolute atomic E-state index is 6.18. The van der Waals surface area contributed by atoms with Crippen LogP contribution in [0.15, 0.2) is 17.1 Å². The minimum absolute atomic E-state index is 0.154. The van der Waals surface area contributed by atoms with Crippen LogP contribution in [-0.4, -0.2) is 17.0 Å². The zero-order valence-electron chi connectivity index (χ0n) is 11.6. The van der Waals surface area contributed by atoms with Crippen LogP contribution in [0.5, 0.6) is 0 Å². The smallest absolute Gasteiger partial charge is 0.161 e. The van der Waals surface area contributed by atoms with Gasteiger partial charge in [0.15, 0.2) is 5.17 Å². The molecule has 1 atom stereocenters. The highest BCUT2D eigenvalue weighted by Gasteiger charge is 2.27. The number of benzene rings is 1. The van der Waals surface area contributed by atoms with Crippen molar-refractivity contribution in [1.29, 1.82) is 0 Å². The van der Waals surface area contributed by atoms with E-state index in [2.05, 4.69) is 26.1 Å². The zero-order chi connectivity index (χ0) is 14.9. The number of amidine groups is 1. The molecule has 0 spiro atoms. The lowest BCUT2D eigenvalue weighted by molar-refractivity contribution is 0.316. The van der Waals surface area contributed by atoms with E-state index in [1.807, 2.05) is 0 Å². The second-order valence-corrected chi connectivity index (χ2v) is 8.16. The molecule has 0 saturated carbocycles. The molecule has 1 aromatic carbocycles. The molecule has 1 aromatic rings. The molecule has 6 heteroatoms. The average Bonchev–Trinajstić information content (AvgIpc) is 2.33. The first kappa shape index (κ1) is 16.3. The molecule has 1 unspecified atom stereocenters. The van der Waals surface area contributed by atoms with Gasteiger partial charge in [-0.2, -0.15) is 0 Å². The summed E-state index contributed by atoms with van der Waals surface area (Å²) in [7, 11) is 0. The molecule has 0 saturated heterocycles. The van der Waals surface area contributed by atoms with Crippen LogP contribution < -0.4 is 5.32 Å². The van der Waals surface area contributed by atoms with Crippen LogP contribution in [0.4, 0.5) is 5.69 Å². The van der Waals surface area contributed by atoms with E-state index in [4.69, 9.17) is 39.8 Å². The van der Waals surface area contributed by atoms with Crippen molar-refractivity contribution in [2.24, 2.45) is 10.4 Å². The number of hydrogen-bond acceptors (Lipinski definition) is 3. The zero-order valence-corrected chi connectivity index (χ0v) is 14.7. The number of nitrogens with one attached hydrogen (secondary N) is 1. The van der Waals surface area contributed by atoms with E-state index in [1.54, 1.807) is 23.9 Å². The van der Waals surface area contributed by atoms with Crippen molar-refractivity contribution in [2.45, 2.75) is 33.2 Å². The maximum atomic E-state index is 6.18. The summed E-state index contributed by atoms with van der Waals surface area (Å²) in [6.45, 7) is 6.62. The molecule has 0 radical (unpaired) electrons. The van der Waals surface area contributed by atoms with E-state index in [-0.39, 0.29) is 5.41 Å². The SMILES string of the molecule is CC(C)(C)C1CCSC(Nc2c(Cl)cc(Cl)cc2Cl)=N1. The van der Waals surface area contributed by atoms with Crippen molar-refractivity contribution in [3.05, 3.63) is 27.2 Å². The Kier molecular flexibility index (Phi) is 5.17. The Labute approximate surface area is 139 Å². The van der Waals surface area contributed by atoms with Crippen molar-refractivity contribution >= 4 is 57.4 Å². The molecule has 0 amide bonds. The van der Waals surface area contributed by atoms with Crippen molar-refractivity contribution in [3.63, 3.8) is 0 Å². The molecule has 0 fully saturated rings. The van der Waals surface area contributed by atoms with Crippen molar-refractivity contribution in [2.75, 3.05) is 11.1 Å². The van der Waals surface area contributed by atoms with E-state index in [0.717, 1.165) is 17.3 Å². The molecule has 1 N–H and O–H groups in total. The molecule has 0 bridgehead atoms. The van der Waals surface area contributed by atoms with Crippen molar-refractivity contribution < 1.29 is 0 Å². The fourth-order valence-electron chi connectivity index (χ4n) is 1.97. The van der Waals surface area contributed by atoms with Crippen LogP contribution in [0, 0.1) is 5.41 Å². The first-order valence-electron chi connectivity index (χ1n) is 6.39. The largest absolute Gasteiger partial charge is 0.333 e. The Morgan fingerprint density at radius 3 is 2.35 bits per heavy atom. The first-order chi connectivity index (χ1) is 9.27. The molecular weight excluding hydrogens is 335 g/mol. The van der Waals surface area contributed by atoms with Gasteiger partial charge in [0.2, 0.25) is 0 Å². The number of anilines is 1. The second kappa shape index (κ2) is 6.35. The number of thioether (sulfide) groups is 1. The normalized spacial score (nSPS) is 19.7. The highest BCUT2D eigenvalue weighted by Crippen LogP contribution is 2.36. The Bertz CT molecular complexity index is 515. The third kappa shape index (κ3) is 3.97. The summed E-state index contributed by atoms with van der Waals surface area (Å²) in [5, 5.41) is 5.63. The van der Waals surface area contributed by atoms with Crippen molar-refractivity contribution in [3.8, 4) is 0 Å². The van der Waals surface area contributed by atoms with Gasteiger partial charge in [0.1, 0.15) is 0 Å². The van der Waals surface area contributed by atoms with E-state index >= 15 is 0 Å². The lowest BCUT2D eigenvalue weighted by Gasteiger charge is -2.31. The van der Waals surface area contributed by atoms with Crippen LogP contribution in [0.25, 0.3) is 0 Å². The second-order valence-electron chi connectivity index (χ2n) is 5.82. The van der Waals surface area contributed by atoms with Crippen molar-refractivity contribution in [1.82, 2.24) is 0 Å². The molecule has 110 valence electrons. The van der Waals surface area contributed by atoms with E-state index < -0.39 is 0 Å². The summed E-state index contributed by atoms with van der Waals surface area (Å²) in [6.07, 6.45) is 1.08. The highest BCUT2D eigenvalue weighted by atomic mass is 35.5. The van der Waals surface area contributed by atoms with Gasteiger partial charge in [-0.3, -0.25) is 4.99 Å². The molecular formula is C14H17Cl3N2S. The summed E-state index contributed by atoms with van der Waals surface area (Å²) >= 11 is 20.0. The third-order valence-electron chi connectivity index (χ3n) is 3.14. The van der Waals surface area contributed by atoms with E-state index in [0.29, 0.717) is 26.8 Å². The molecule has 2 rings (SSSR count). The molecule has 20 heavy (non-hydrogen) atoms. The van der Waals surface area contributed by atoms with Gasteiger partial charge >= 0.3 is 0 Å². The van der Waals surface area contributed by atoms with Gasteiger partial charge in [-0.1, -0.05) is 67.3 Å². The van der Waals surface area contributed by atoms with Crippen LogP contribution in [0.3, 0.4) is 0 Å². The molecule has 0 aliphatic carbocycles. The summed E-state index contributed by atoms with van der Waals surface area (Å²) in [5.41, 5.74) is 0.820. The van der Waals surface area contributed by atoms with Gasteiger partial charge in [0.05, 0.1) is 21.8 Å². The lowest BCUT2D eigenvalue weighted by Crippen LogP contribution is -2.30. The summed E-state index contributed by atoms with van der Waals surface area (Å²) < 4.78 is 0. The van der Waals surface area contributed by atoms with Crippen LogP contribution in [0.2, 0.25) is 15.1 Å². The van der Waals surface area contributed by atoms with Gasteiger partial charge < -0.3 is 5.32 Å². The quantitative estimate of drug-likeness (QED) is 0.674. The number of halogens is 3. The minimum atomic E-state index is 0.154. The molecule has 2 nitrogen and oxygen atoms in total. The van der Waals surface area contributed by atoms with Gasteiger partial charge in [-0.15, -0.1) is 0 Å². The predicted molar refractivity (Wildman–Crippen MR) is 92.8 cm³/mol. The predicted octanol–water partition coefficient (Wildman–Crippen LogP) is 5.97.